The second kappa shape index (κ2) is 3.30. The van der Waals surface area contributed by atoms with E-state index in [1.54, 1.807) is 0 Å². The number of hydrogen-bond acceptors (Lipinski definition) is 1. The molecule has 2 heteroatoms. The number of carbonyl (C=O) groups excluding carboxylic acids is 1. The van der Waals surface area contributed by atoms with Gasteiger partial charge in [0.15, 0.2) is 0 Å². The lowest BCUT2D eigenvalue weighted by Gasteiger charge is -2.49. The van der Waals surface area contributed by atoms with Crippen molar-refractivity contribution in [2.45, 2.75) is 42.6 Å². The van der Waals surface area contributed by atoms with Crippen LogP contribution in [-0.2, 0) is 15.6 Å². The molecule has 2 nitrogen and oxygen atoms in total. The van der Waals surface area contributed by atoms with Gasteiger partial charge < -0.3 is 5.32 Å². The summed E-state index contributed by atoms with van der Waals surface area (Å²) in [6, 6.07) is 22.0. The van der Waals surface area contributed by atoms with Gasteiger partial charge in [0.1, 0.15) is 0 Å². The van der Waals surface area contributed by atoms with E-state index in [0.29, 0.717) is 5.91 Å². The summed E-state index contributed by atoms with van der Waals surface area (Å²) >= 11 is 0. The molecule has 1 amide bonds. The highest BCUT2D eigenvalue weighted by Gasteiger charge is 3.20. The van der Waals surface area contributed by atoms with Gasteiger partial charge in [-0.1, -0.05) is 74.0 Å². The van der Waals surface area contributed by atoms with Gasteiger partial charge in [0, 0.05) is 21.7 Å². The Kier molecular flexibility index (Phi) is 1.73. The zero-order chi connectivity index (χ0) is 16.7. The van der Waals surface area contributed by atoms with Crippen LogP contribution in [0.1, 0.15) is 37.3 Å². The molecular formula is C23H21NO. The van der Waals surface area contributed by atoms with Crippen molar-refractivity contribution in [1.29, 1.82) is 0 Å². The molecule has 6 fully saturated rings. The lowest BCUT2D eigenvalue weighted by Crippen LogP contribution is -2.54. The third-order valence-electron chi connectivity index (χ3n) is 9.31. The van der Waals surface area contributed by atoms with Crippen LogP contribution in [0, 0.1) is 16.7 Å². The quantitative estimate of drug-likeness (QED) is 0.898. The van der Waals surface area contributed by atoms with Crippen LogP contribution in [0.25, 0.3) is 0 Å². The molecule has 6 atom stereocenters. The average molecular weight is 327 g/mol. The standard InChI is InChI=1S/C23H21NO/c1-19-17-18(25)24-21-14-8-13-20(19,21)23(21,16-11-6-3-7-12-16)22(17,19)15-9-4-2-5-10-15/h2-7,9-12,17H,8,13-14H2,1H3,(H,24,25). The number of hydrogen-bond donors (Lipinski definition) is 1. The third kappa shape index (κ3) is 0.789. The van der Waals surface area contributed by atoms with E-state index in [0.717, 1.165) is 6.42 Å². The van der Waals surface area contributed by atoms with Crippen molar-refractivity contribution in [3.05, 3.63) is 71.8 Å². The second-order valence-corrected chi connectivity index (χ2v) is 9.08. The summed E-state index contributed by atoms with van der Waals surface area (Å²) in [5, 5.41) is 3.56. The van der Waals surface area contributed by atoms with Crippen molar-refractivity contribution in [2.75, 3.05) is 0 Å². The van der Waals surface area contributed by atoms with Crippen LogP contribution in [-0.4, -0.2) is 11.4 Å². The zero-order valence-electron chi connectivity index (χ0n) is 14.4. The predicted octanol–water partition coefficient (Wildman–Crippen LogP) is 3.56. The van der Waals surface area contributed by atoms with Gasteiger partial charge in [0.2, 0.25) is 5.91 Å². The Labute approximate surface area is 147 Å². The Hall–Kier alpha value is -2.09. The van der Waals surface area contributed by atoms with Gasteiger partial charge in [-0.2, -0.15) is 0 Å². The molecular weight excluding hydrogens is 306 g/mol. The first-order valence-electron chi connectivity index (χ1n) is 9.60. The Balaban J connectivity index is 1.60. The smallest absolute Gasteiger partial charge is 0.225 e. The van der Waals surface area contributed by atoms with Gasteiger partial charge in [-0.15, -0.1) is 0 Å². The van der Waals surface area contributed by atoms with Crippen LogP contribution in [0.15, 0.2) is 60.7 Å². The van der Waals surface area contributed by atoms with E-state index < -0.39 is 0 Å². The maximum atomic E-state index is 13.1. The van der Waals surface area contributed by atoms with Crippen LogP contribution in [0.3, 0.4) is 0 Å². The van der Waals surface area contributed by atoms with E-state index in [4.69, 9.17) is 0 Å². The molecule has 4 saturated carbocycles. The van der Waals surface area contributed by atoms with Crippen molar-refractivity contribution in [2.24, 2.45) is 16.7 Å². The first-order valence-corrected chi connectivity index (χ1v) is 9.60. The SMILES string of the molecule is CC12C3C(=O)NC45CCCC41C5(c1ccccc1)C32c1ccccc1. The number of amides is 1. The minimum atomic E-state index is -0.00220. The fourth-order valence-corrected chi connectivity index (χ4v) is 9.43. The number of piperidine rings is 2. The summed E-state index contributed by atoms with van der Waals surface area (Å²) in [6.07, 6.45) is 3.66. The molecule has 2 spiro atoms. The monoisotopic (exact) mass is 327 g/mol. The van der Waals surface area contributed by atoms with Crippen molar-refractivity contribution >= 4 is 5.91 Å². The normalized spacial score (nSPS) is 52.5. The molecule has 25 heavy (non-hydrogen) atoms. The number of carbonyl (C=O) groups is 1. The molecule has 2 heterocycles. The molecule has 8 rings (SSSR count). The van der Waals surface area contributed by atoms with E-state index in [1.165, 1.54) is 24.0 Å². The van der Waals surface area contributed by atoms with Gasteiger partial charge in [-0.25, -0.2) is 0 Å². The Morgan fingerprint density at radius 3 is 2.24 bits per heavy atom. The Morgan fingerprint density at radius 1 is 0.920 bits per heavy atom. The molecule has 0 aromatic heterocycles. The van der Waals surface area contributed by atoms with Crippen LogP contribution in [0.4, 0.5) is 0 Å². The van der Waals surface area contributed by atoms with Crippen molar-refractivity contribution < 1.29 is 4.79 Å². The summed E-state index contributed by atoms with van der Waals surface area (Å²) in [5.74, 6) is 0.454. The molecule has 4 aliphatic carbocycles. The summed E-state index contributed by atoms with van der Waals surface area (Å²) in [5.41, 5.74) is 3.38. The third-order valence-corrected chi connectivity index (χ3v) is 9.31. The van der Waals surface area contributed by atoms with E-state index in [1.807, 2.05) is 0 Å². The molecule has 2 aromatic rings. The first-order chi connectivity index (χ1) is 12.2. The summed E-state index contributed by atoms with van der Waals surface area (Å²) in [6.45, 7) is 2.43. The molecule has 6 unspecified atom stereocenters. The van der Waals surface area contributed by atoms with Gasteiger partial charge in [-0.3, -0.25) is 4.79 Å². The summed E-state index contributed by atoms with van der Waals surface area (Å²) in [7, 11) is 0. The maximum Gasteiger partial charge on any atom is 0.225 e. The van der Waals surface area contributed by atoms with Crippen molar-refractivity contribution in [3.8, 4) is 0 Å². The fraction of sp³-hybridized carbons (Fsp3) is 0.435. The summed E-state index contributed by atoms with van der Waals surface area (Å²) in [4.78, 5) is 13.1. The maximum absolute atomic E-state index is 13.1. The number of fused-ring (bicyclic) bond motifs is 1. The number of benzene rings is 2. The molecule has 2 aliphatic heterocycles. The largest absolute Gasteiger partial charge is 0.349 e. The van der Waals surface area contributed by atoms with Crippen LogP contribution in [0.2, 0.25) is 0 Å². The lowest BCUT2D eigenvalue weighted by atomic mass is 9.52. The lowest BCUT2D eigenvalue weighted by molar-refractivity contribution is -0.126. The molecule has 2 bridgehead atoms. The highest BCUT2D eigenvalue weighted by Crippen LogP contribution is 3.13. The Bertz CT molecular complexity index is 970. The van der Waals surface area contributed by atoms with Crippen LogP contribution >= 0.6 is 0 Å². The van der Waals surface area contributed by atoms with Gasteiger partial charge >= 0.3 is 0 Å². The minimum Gasteiger partial charge on any atom is -0.349 e. The zero-order valence-corrected chi connectivity index (χ0v) is 14.4. The molecule has 2 saturated heterocycles. The second-order valence-electron chi connectivity index (χ2n) is 9.08. The number of rotatable bonds is 2. The number of nitrogens with one attached hydrogen (secondary N) is 1. The predicted molar refractivity (Wildman–Crippen MR) is 95.0 cm³/mol. The topological polar surface area (TPSA) is 29.1 Å². The average Bonchev–Trinajstić information content (AvgIpc) is 3.27. The molecule has 124 valence electrons. The van der Waals surface area contributed by atoms with Crippen molar-refractivity contribution in [3.63, 3.8) is 0 Å². The van der Waals surface area contributed by atoms with Gasteiger partial charge in [-0.05, 0) is 24.0 Å². The van der Waals surface area contributed by atoms with E-state index >= 15 is 0 Å². The Morgan fingerprint density at radius 2 is 1.56 bits per heavy atom. The minimum absolute atomic E-state index is 0.00220. The highest BCUT2D eigenvalue weighted by molar-refractivity contribution is 6.01. The summed E-state index contributed by atoms with van der Waals surface area (Å²) < 4.78 is 0. The van der Waals surface area contributed by atoms with E-state index in [-0.39, 0.29) is 33.1 Å². The van der Waals surface area contributed by atoms with Crippen LogP contribution < -0.4 is 5.32 Å². The fourth-order valence-electron chi connectivity index (χ4n) is 9.43. The molecule has 0 radical (unpaired) electrons. The van der Waals surface area contributed by atoms with Crippen LogP contribution in [0.5, 0.6) is 0 Å². The molecule has 1 N–H and O–H groups in total. The van der Waals surface area contributed by atoms with E-state index in [9.17, 15) is 4.79 Å². The molecule has 2 aromatic carbocycles. The van der Waals surface area contributed by atoms with E-state index in [2.05, 4.69) is 72.9 Å². The van der Waals surface area contributed by atoms with Gasteiger partial charge in [0.25, 0.3) is 0 Å². The highest BCUT2D eigenvalue weighted by atomic mass is 16.2. The van der Waals surface area contributed by atoms with Gasteiger partial charge in [0.05, 0.1) is 11.5 Å². The molecule has 6 aliphatic rings. The first kappa shape index (κ1) is 13.2. The van der Waals surface area contributed by atoms with Crippen molar-refractivity contribution in [1.82, 2.24) is 5.32 Å².